The predicted molar refractivity (Wildman–Crippen MR) is 65.1 cm³/mol. The Balaban J connectivity index is 2.42. The van der Waals surface area contributed by atoms with Crippen molar-refractivity contribution in [1.29, 1.82) is 0 Å². The van der Waals surface area contributed by atoms with Crippen LogP contribution in [0.1, 0.15) is 12.0 Å². The largest absolute Gasteiger partial charge is 0.330 e. The van der Waals surface area contributed by atoms with Gasteiger partial charge in [0.2, 0.25) is 0 Å². The van der Waals surface area contributed by atoms with Crippen LogP contribution in [0.4, 0.5) is 0 Å². The predicted octanol–water partition coefficient (Wildman–Crippen LogP) is 1.98. The fourth-order valence-corrected chi connectivity index (χ4v) is 1.54. The SMILES string of the molecule is NCCC#Cc1ccc2c(Cl)ncnc2c1. The second-order valence-electron chi connectivity index (χ2n) is 3.24. The van der Waals surface area contributed by atoms with Gasteiger partial charge >= 0.3 is 0 Å². The molecule has 0 spiro atoms. The van der Waals surface area contributed by atoms with E-state index in [1.54, 1.807) is 0 Å². The van der Waals surface area contributed by atoms with E-state index in [1.807, 2.05) is 18.2 Å². The molecule has 0 saturated carbocycles. The highest BCUT2D eigenvalue weighted by molar-refractivity contribution is 6.34. The Morgan fingerprint density at radius 1 is 1.31 bits per heavy atom. The summed E-state index contributed by atoms with van der Waals surface area (Å²) < 4.78 is 0. The molecule has 0 aliphatic carbocycles. The van der Waals surface area contributed by atoms with Crippen molar-refractivity contribution in [2.75, 3.05) is 6.54 Å². The smallest absolute Gasteiger partial charge is 0.140 e. The Hall–Kier alpha value is -1.63. The zero-order chi connectivity index (χ0) is 11.4. The van der Waals surface area contributed by atoms with Crippen molar-refractivity contribution in [2.45, 2.75) is 6.42 Å². The maximum Gasteiger partial charge on any atom is 0.140 e. The van der Waals surface area contributed by atoms with E-state index in [4.69, 9.17) is 17.3 Å². The van der Waals surface area contributed by atoms with E-state index in [-0.39, 0.29) is 0 Å². The van der Waals surface area contributed by atoms with Crippen LogP contribution in [0.15, 0.2) is 24.5 Å². The van der Waals surface area contributed by atoms with E-state index in [0.29, 0.717) is 18.1 Å². The summed E-state index contributed by atoms with van der Waals surface area (Å²) in [6.07, 6.45) is 2.14. The molecule has 0 aliphatic heterocycles. The molecule has 0 saturated heterocycles. The first kappa shape index (κ1) is 10.9. The van der Waals surface area contributed by atoms with Gasteiger partial charge in [0.1, 0.15) is 11.5 Å². The summed E-state index contributed by atoms with van der Waals surface area (Å²) >= 11 is 5.93. The standard InChI is InChI=1S/C12H10ClN3/c13-12-10-5-4-9(3-1-2-6-14)7-11(10)15-8-16-12/h4-5,7-8H,2,6,14H2. The molecule has 0 amide bonds. The number of benzene rings is 1. The molecule has 2 aromatic rings. The van der Waals surface area contributed by atoms with Crippen LogP contribution in [0.25, 0.3) is 10.9 Å². The van der Waals surface area contributed by atoms with Gasteiger partial charge in [-0.05, 0) is 18.2 Å². The second kappa shape index (κ2) is 4.93. The number of nitrogens with two attached hydrogens (primary N) is 1. The third-order valence-electron chi connectivity index (χ3n) is 2.09. The number of aromatic nitrogens is 2. The minimum atomic E-state index is 0.464. The molecule has 1 heterocycles. The lowest BCUT2D eigenvalue weighted by Crippen LogP contribution is -1.95. The molecule has 2 rings (SSSR count). The highest BCUT2D eigenvalue weighted by Gasteiger charge is 2.00. The minimum Gasteiger partial charge on any atom is -0.330 e. The van der Waals surface area contributed by atoms with Crippen LogP contribution in [0.5, 0.6) is 0 Å². The topological polar surface area (TPSA) is 51.8 Å². The molecular formula is C12H10ClN3. The maximum atomic E-state index is 5.93. The lowest BCUT2D eigenvalue weighted by atomic mass is 10.1. The van der Waals surface area contributed by atoms with Crippen molar-refractivity contribution in [3.05, 3.63) is 35.2 Å². The lowest BCUT2D eigenvalue weighted by molar-refractivity contribution is 1.03. The number of halogens is 1. The van der Waals surface area contributed by atoms with Crippen LogP contribution >= 0.6 is 11.6 Å². The van der Waals surface area contributed by atoms with Gasteiger partial charge in [-0.15, -0.1) is 0 Å². The molecule has 0 aliphatic rings. The third kappa shape index (κ3) is 2.30. The van der Waals surface area contributed by atoms with Gasteiger partial charge in [-0.2, -0.15) is 0 Å². The second-order valence-corrected chi connectivity index (χ2v) is 3.59. The van der Waals surface area contributed by atoms with E-state index in [1.165, 1.54) is 6.33 Å². The van der Waals surface area contributed by atoms with Crippen LogP contribution in [-0.2, 0) is 0 Å². The molecule has 3 nitrogen and oxygen atoms in total. The molecule has 80 valence electrons. The van der Waals surface area contributed by atoms with Gasteiger partial charge in [0.25, 0.3) is 0 Å². The molecule has 0 atom stereocenters. The Labute approximate surface area is 98.7 Å². The molecule has 4 heteroatoms. The van der Waals surface area contributed by atoms with Crippen molar-refractivity contribution < 1.29 is 0 Å². The van der Waals surface area contributed by atoms with Crippen LogP contribution < -0.4 is 5.73 Å². The van der Waals surface area contributed by atoms with E-state index in [9.17, 15) is 0 Å². The van der Waals surface area contributed by atoms with E-state index < -0.39 is 0 Å². The number of hydrogen-bond acceptors (Lipinski definition) is 3. The Morgan fingerprint density at radius 2 is 2.19 bits per heavy atom. The number of fused-ring (bicyclic) bond motifs is 1. The van der Waals surface area contributed by atoms with Gasteiger partial charge < -0.3 is 5.73 Å². The van der Waals surface area contributed by atoms with Crippen LogP contribution in [0, 0.1) is 11.8 Å². The third-order valence-corrected chi connectivity index (χ3v) is 2.39. The zero-order valence-corrected chi connectivity index (χ0v) is 9.33. The van der Waals surface area contributed by atoms with Gasteiger partial charge in [0.15, 0.2) is 0 Å². The summed E-state index contributed by atoms with van der Waals surface area (Å²) in [5.74, 6) is 6.00. The molecule has 0 radical (unpaired) electrons. The van der Waals surface area contributed by atoms with Crippen molar-refractivity contribution in [3.63, 3.8) is 0 Å². The lowest BCUT2D eigenvalue weighted by Gasteiger charge is -1.98. The first-order chi connectivity index (χ1) is 7.81. The minimum absolute atomic E-state index is 0.464. The maximum absolute atomic E-state index is 5.93. The van der Waals surface area contributed by atoms with E-state index >= 15 is 0 Å². The van der Waals surface area contributed by atoms with Gasteiger partial charge in [-0.25, -0.2) is 9.97 Å². The van der Waals surface area contributed by atoms with Crippen LogP contribution in [-0.4, -0.2) is 16.5 Å². The summed E-state index contributed by atoms with van der Waals surface area (Å²) in [7, 11) is 0. The first-order valence-corrected chi connectivity index (χ1v) is 5.28. The monoisotopic (exact) mass is 231 g/mol. The van der Waals surface area contributed by atoms with Gasteiger partial charge in [-0.3, -0.25) is 0 Å². The quantitative estimate of drug-likeness (QED) is 0.603. The van der Waals surface area contributed by atoms with Gasteiger partial charge in [-0.1, -0.05) is 23.4 Å². The van der Waals surface area contributed by atoms with Crippen molar-refractivity contribution >= 4 is 22.5 Å². The summed E-state index contributed by atoms with van der Waals surface area (Å²) in [4.78, 5) is 8.06. The highest BCUT2D eigenvalue weighted by atomic mass is 35.5. The zero-order valence-electron chi connectivity index (χ0n) is 8.57. The molecule has 1 aromatic carbocycles. The molecular weight excluding hydrogens is 222 g/mol. The van der Waals surface area contributed by atoms with Crippen molar-refractivity contribution in [2.24, 2.45) is 5.73 Å². The summed E-state index contributed by atoms with van der Waals surface area (Å²) in [6.45, 7) is 0.578. The first-order valence-electron chi connectivity index (χ1n) is 4.90. The fraction of sp³-hybridized carbons (Fsp3) is 0.167. The molecule has 0 bridgehead atoms. The average molecular weight is 232 g/mol. The average Bonchev–Trinajstić information content (AvgIpc) is 2.30. The van der Waals surface area contributed by atoms with Gasteiger partial charge in [0.05, 0.1) is 5.52 Å². The molecule has 0 unspecified atom stereocenters. The summed E-state index contributed by atoms with van der Waals surface area (Å²) in [5.41, 5.74) is 7.08. The number of nitrogens with zero attached hydrogens (tertiary/aromatic N) is 2. The molecule has 16 heavy (non-hydrogen) atoms. The normalized spacial score (nSPS) is 9.88. The van der Waals surface area contributed by atoms with Crippen molar-refractivity contribution in [1.82, 2.24) is 9.97 Å². The summed E-state index contributed by atoms with van der Waals surface area (Å²) in [6, 6.07) is 5.68. The van der Waals surface area contributed by atoms with E-state index in [0.717, 1.165) is 16.5 Å². The fourth-order valence-electron chi connectivity index (χ4n) is 1.34. The molecule has 0 fully saturated rings. The van der Waals surface area contributed by atoms with Crippen LogP contribution in [0.3, 0.4) is 0 Å². The van der Waals surface area contributed by atoms with Crippen LogP contribution in [0.2, 0.25) is 5.15 Å². The van der Waals surface area contributed by atoms with Gasteiger partial charge in [0, 0.05) is 23.9 Å². The van der Waals surface area contributed by atoms with Crippen molar-refractivity contribution in [3.8, 4) is 11.8 Å². The Morgan fingerprint density at radius 3 is 3.00 bits per heavy atom. The highest BCUT2D eigenvalue weighted by Crippen LogP contribution is 2.19. The Kier molecular flexibility index (Phi) is 3.35. The molecule has 1 aromatic heterocycles. The van der Waals surface area contributed by atoms with E-state index in [2.05, 4.69) is 21.8 Å². The number of hydrogen-bond donors (Lipinski definition) is 1. The summed E-state index contributed by atoms with van der Waals surface area (Å²) in [5, 5.41) is 1.31. The Bertz CT molecular complexity index is 569. The molecule has 2 N–H and O–H groups in total. The number of rotatable bonds is 1.